The minimum absolute atomic E-state index is 0. The SMILES string of the molecule is Cl.Cl.O=C(c1nccn2ccnc12)N1CCC2(CCNC2)CC1. The van der Waals surface area contributed by atoms with E-state index in [1.54, 1.807) is 12.4 Å². The smallest absolute Gasteiger partial charge is 0.276 e. The van der Waals surface area contributed by atoms with Crippen molar-refractivity contribution in [3.05, 3.63) is 30.5 Å². The van der Waals surface area contributed by atoms with E-state index in [4.69, 9.17) is 0 Å². The second-order valence-electron chi connectivity index (χ2n) is 6.15. The first-order valence-corrected chi connectivity index (χ1v) is 7.55. The lowest BCUT2D eigenvalue weighted by Gasteiger charge is -2.38. The number of carbonyl (C=O) groups is 1. The van der Waals surface area contributed by atoms with Gasteiger partial charge in [-0.1, -0.05) is 0 Å². The lowest BCUT2D eigenvalue weighted by molar-refractivity contribution is 0.0603. The minimum atomic E-state index is 0. The highest BCUT2D eigenvalue weighted by molar-refractivity contribution is 5.97. The van der Waals surface area contributed by atoms with Crippen molar-refractivity contribution in [2.24, 2.45) is 5.41 Å². The van der Waals surface area contributed by atoms with Crippen LogP contribution in [-0.2, 0) is 0 Å². The summed E-state index contributed by atoms with van der Waals surface area (Å²) in [6, 6.07) is 0. The molecule has 2 fully saturated rings. The maximum atomic E-state index is 12.7. The van der Waals surface area contributed by atoms with Gasteiger partial charge in [-0.05, 0) is 31.2 Å². The van der Waals surface area contributed by atoms with Crippen LogP contribution in [0.4, 0.5) is 0 Å². The molecule has 0 radical (unpaired) electrons. The quantitative estimate of drug-likeness (QED) is 0.844. The van der Waals surface area contributed by atoms with Gasteiger partial charge in [0.1, 0.15) is 0 Å². The van der Waals surface area contributed by atoms with Crippen molar-refractivity contribution < 1.29 is 4.79 Å². The number of halogens is 2. The molecule has 2 aliphatic rings. The van der Waals surface area contributed by atoms with E-state index in [1.165, 1.54) is 6.42 Å². The molecule has 0 unspecified atom stereocenters. The molecule has 0 saturated carbocycles. The number of imidazole rings is 1. The van der Waals surface area contributed by atoms with Gasteiger partial charge < -0.3 is 14.6 Å². The molecule has 1 spiro atoms. The first kappa shape index (κ1) is 18.0. The van der Waals surface area contributed by atoms with Crippen molar-refractivity contribution in [1.29, 1.82) is 0 Å². The predicted octanol–water partition coefficient (Wildman–Crippen LogP) is 1.79. The zero-order valence-electron chi connectivity index (χ0n) is 12.8. The molecule has 6 nitrogen and oxygen atoms in total. The highest BCUT2D eigenvalue weighted by Gasteiger charge is 2.38. The Morgan fingerprint density at radius 1 is 1.09 bits per heavy atom. The molecular formula is C15H21Cl2N5O. The van der Waals surface area contributed by atoms with Crippen LogP contribution in [0, 0.1) is 5.41 Å². The zero-order valence-corrected chi connectivity index (χ0v) is 14.4. The third kappa shape index (κ3) is 3.16. The fourth-order valence-electron chi connectivity index (χ4n) is 3.56. The van der Waals surface area contributed by atoms with Crippen LogP contribution >= 0.6 is 24.8 Å². The molecule has 8 heteroatoms. The van der Waals surface area contributed by atoms with Gasteiger partial charge in [-0.15, -0.1) is 24.8 Å². The zero-order chi connectivity index (χ0) is 14.3. The predicted molar refractivity (Wildman–Crippen MR) is 92.5 cm³/mol. The molecule has 0 aromatic carbocycles. The fraction of sp³-hybridized carbons (Fsp3) is 0.533. The molecular weight excluding hydrogens is 337 g/mol. The molecule has 2 aromatic rings. The highest BCUT2D eigenvalue weighted by Crippen LogP contribution is 2.37. The topological polar surface area (TPSA) is 62.5 Å². The number of likely N-dealkylation sites (tertiary alicyclic amines) is 1. The summed E-state index contributed by atoms with van der Waals surface area (Å²) in [5.74, 6) is 0.00704. The van der Waals surface area contributed by atoms with Gasteiger partial charge in [0.25, 0.3) is 5.91 Å². The van der Waals surface area contributed by atoms with E-state index < -0.39 is 0 Å². The maximum Gasteiger partial charge on any atom is 0.276 e. The van der Waals surface area contributed by atoms with Crippen molar-refractivity contribution in [2.75, 3.05) is 26.2 Å². The largest absolute Gasteiger partial charge is 0.337 e. The van der Waals surface area contributed by atoms with Gasteiger partial charge in [-0.3, -0.25) is 4.79 Å². The Labute approximate surface area is 147 Å². The molecule has 23 heavy (non-hydrogen) atoms. The third-order valence-electron chi connectivity index (χ3n) is 4.96. The van der Waals surface area contributed by atoms with Crippen LogP contribution in [-0.4, -0.2) is 51.4 Å². The molecule has 0 atom stereocenters. The number of carbonyl (C=O) groups excluding carboxylic acids is 1. The number of hydrogen-bond acceptors (Lipinski definition) is 4. The summed E-state index contributed by atoms with van der Waals surface area (Å²) in [5, 5.41) is 3.45. The molecule has 1 N–H and O–H groups in total. The van der Waals surface area contributed by atoms with Crippen LogP contribution in [0.1, 0.15) is 29.8 Å². The summed E-state index contributed by atoms with van der Waals surface area (Å²) in [6.07, 6.45) is 10.4. The second kappa shape index (κ2) is 7.03. The molecule has 4 rings (SSSR count). The number of nitrogens with one attached hydrogen (secondary N) is 1. The molecule has 0 bridgehead atoms. The van der Waals surface area contributed by atoms with Gasteiger partial charge >= 0.3 is 0 Å². The molecule has 2 aromatic heterocycles. The standard InChI is InChI=1S/C15H19N5O.2ClH/c21-14(12-13-18-6-10-19(13)9-5-17-12)20-7-2-15(3-8-20)1-4-16-11-15;;/h5-6,9-10,16H,1-4,7-8,11H2;2*1H. The normalized spacial score (nSPS) is 19.4. The number of amides is 1. The summed E-state index contributed by atoms with van der Waals surface area (Å²) in [6.45, 7) is 3.86. The van der Waals surface area contributed by atoms with Crippen molar-refractivity contribution in [2.45, 2.75) is 19.3 Å². The lowest BCUT2D eigenvalue weighted by atomic mass is 9.78. The van der Waals surface area contributed by atoms with Gasteiger partial charge in [-0.25, -0.2) is 9.97 Å². The average Bonchev–Trinajstić information content (AvgIpc) is 3.16. The molecule has 0 aliphatic carbocycles. The number of piperidine rings is 1. The van der Waals surface area contributed by atoms with Gasteiger partial charge in [0.05, 0.1) is 0 Å². The number of aromatic nitrogens is 3. The van der Waals surface area contributed by atoms with Gasteiger partial charge in [0.2, 0.25) is 0 Å². The van der Waals surface area contributed by atoms with Crippen LogP contribution in [0.3, 0.4) is 0 Å². The van der Waals surface area contributed by atoms with Crippen molar-refractivity contribution >= 4 is 36.4 Å². The Balaban J connectivity index is 0.000000960. The fourth-order valence-corrected chi connectivity index (χ4v) is 3.56. The van der Waals surface area contributed by atoms with Crippen molar-refractivity contribution in [3.63, 3.8) is 0 Å². The van der Waals surface area contributed by atoms with Crippen LogP contribution in [0.15, 0.2) is 24.8 Å². The van der Waals surface area contributed by atoms with E-state index in [2.05, 4.69) is 15.3 Å². The molecule has 2 saturated heterocycles. The molecule has 126 valence electrons. The Hall–Kier alpha value is -1.37. The van der Waals surface area contributed by atoms with E-state index in [9.17, 15) is 4.79 Å². The molecule has 4 heterocycles. The summed E-state index contributed by atoms with van der Waals surface area (Å²) in [5.41, 5.74) is 1.53. The molecule has 2 aliphatic heterocycles. The first-order valence-electron chi connectivity index (χ1n) is 7.55. The van der Waals surface area contributed by atoms with Crippen molar-refractivity contribution in [3.8, 4) is 0 Å². The Bertz CT molecular complexity index is 673. The van der Waals surface area contributed by atoms with Crippen LogP contribution in [0.25, 0.3) is 5.65 Å². The van der Waals surface area contributed by atoms with Crippen LogP contribution in [0.5, 0.6) is 0 Å². The average molecular weight is 358 g/mol. The number of rotatable bonds is 1. The summed E-state index contributed by atoms with van der Waals surface area (Å²) >= 11 is 0. The number of hydrogen-bond donors (Lipinski definition) is 1. The highest BCUT2D eigenvalue weighted by atomic mass is 35.5. The number of fused-ring (bicyclic) bond motifs is 1. The lowest BCUT2D eigenvalue weighted by Crippen LogP contribution is -2.44. The van der Waals surface area contributed by atoms with E-state index in [1.807, 2.05) is 21.7 Å². The number of nitrogens with zero attached hydrogens (tertiary/aromatic N) is 4. The summed E-state index contributed by atoms with van der Waals surface area (Å²) in [4.78, 5) is 23.1. The Morgan fingerprint density at radius 2 is 1.78 bits per heavy atom. The Morgan fingerprint density at radius 3 is 2.43 bits per heavy atom. The second-order valence-corrected chi connectivity index (χ2v) is 6.15. The Kier molecular flexibility index (Phi) is 5.49. The molecule has 1 amide bonds. The van der Waals surface area contributed by atoms with E-state index in [-0.39, 0.29) is 30.7 Å². The minimum Gasteiger partial charge on any atom is -0.337 e. The van der Waals surface area contributed by atoms with Crippen molar-refractivity contribution in [1.82, 2.24) is 24.6 Å². The first-order chi connectivity index (χ1) is 10.3. The monoisotopic (exact) mass is 357 g/mol. The summed E-state index contributed by atoms with van der Waals surface area (Å²) < 4.78 is 1.84. The van der Waals surface area contributed by atoms with E-state index in [0.717, 1.165) is 39.0 Å². The van der Waals surface area contributed by atoms with E-state index >= 15 is 0 Å². The van der Waals surface area contributed by atoms with Gasteiger partial charge in [-0.2, -0.15) is 0 Å². The third-order valence-corrected chi connectivity index (χ3v) is 4.96. The van der Waals surface area contributed by atoms with Crippen LogP contribution in [0.2, 0.25) is 0 Å². The van der Waals surface area contributed by atoms with Gasteiger partial charge in [0.15, 0.2) is 11.3 Å². The summed E-state index contributed by atoms with van der Waals surface area (Å²) in [7, 11) is 0. The van der Waals surface area contributed by atoms with Gasteiger partial charge in [0, 0.05) is 44.4 Å². The van der Waals surface area contributed by atoms with E-state index in [0.29, 0.717) is 16.8 Å². The maximum absolute atomic E-state index is 12.7. The van der Waals surface area contributed by atoms with Crippen LogP contribution < -0.4 is 5.32 Å².